The second-order valence-electron chi connectivity index (χ2n) is 4.59. The maximum Gasteiger partial charge on any atom is 0.222 e. The van der Waals surface area contributed by atoms with Gasteiger partial charge in [-0.25, -0.2) is 4.98 Å². The van der Waals surface area contributed by atoms with Gasteiger partial charge in [0.05, 0.1) is 11.9 Å². The van der Waals surface area contributed by atoms with Gasteiger partial charge in [-0.05, 0) is 19.3 Å². The zero-order valence-corrected chi connectivity index (χ0v) is 11.8. The third-order valence-electron chi connectivity index (χ3n) is 2.90. The number of aromatic nitrogens is 2. The van der Waals surface area contributed by atoms with Crippen LogP contribution in [-0.4, -0.2) is 29.3 Å². The van der Waals surface area contributed by atoms with E-state index in [4.69, 9.17) is 10.5 Å². The Morgan fingerprint density at radius 3 is 3.05 bits per heavy atom. The lowest BCUT2D eigenvalue weighted by Gasteiger charge is -2.13. The smallest absolute Gasteiger partial charge is 0.222 e. The van der Waals surface area contributed by atoms with Gasteiger partial charge in [-0.3, -0.25) is 4.99 Å². The van der Waals surface area contributed by atoms with Gasteiger partial charge < -0.3 is 15.8 Å². The van der Waals surface area contributed by atoms with E-state index in [1.54, 1.807) is 6.20 Å². The minimum Gasteiger partial charge on any atom is -0.482 e. The number of hydrogen-bond acceptors (Lipinski definition) is 6. The molecule has 1 aromatic rings. The number of allylic oxidation sites excluding steroid dienone is 1. The molecule has 20 heavy (non-hydrogen) atoms. The fourth-order valence-corrected chi connectivity index (χ4v) is 1.81. The zero-order valence-electron chi connectivity index (χ0n) is 11.8. The van der Waals surface area contributed by atoms with Gasteiger partial charge in [0, 0.05) is 12.8 Å². The van der Waals surface area contributed by atoms with Gasteiger partial charge in [0.2, 0.25) is 5.95 Å². The van der Waals surface area contributed by atoms with Crippen LogP contribution in [0.1, 0.15) is 32.6 Å². The van der Waals surface area contributed by atoms with Crippen LogP contribution in [0.3, 0.4) is 0 Å². The second-order valence-corrected chi connectivity index (χ2v) is 4.59. The maximum absolute atomic E-state index is 5.74. The van der Waals surface area contributed by atoms with E-state index in [0.717, 1.165) is 37.9 Å². The van der Waals surface area contributed by atoms with Gasteiger partial charge in [-0.1, -0.05) is 19.4 Å². The van der Waals surface area contributed by atoms with Crippen LogP contribution in [0.2, 0.25) is 0 Å². The quantitative estimate of drug-likeness (QED) is 0.746. The van der Waals surface area contributed by atoms with E-state index in [1.165, 1.54) is 0 Å². The van der Waals surface area contributed by atoms with Gasteiger partial charge in [-0.2, -0.15) is 4.98 Å². The number of aliphatic imine (C=N–C) groups is 1. The molecule has 1 aliphatic heterocycles. The van der Waals surface area contributed by atoms with Crippen molar-refractivity contribution in [3.05, 3.63) is 18.0 Å². The van der Waals surface area contributed by atoms with Gasteiger partial charge in [-0.15, -0.1) is 0 Å². The first kappa shape index (κ1) is 14.3. The van der Waals surface area contributed by atoms with Crippen molar-refractivity contribution in [1.29, 1.82) is 0 Å². The molecule has 2 heterocycles. The van der Waals surface area contributed by atoms with Crippen LogP contribution in [-0.2, 0) is 0 Å². The summed E-state index contributed by atoms with van der Waals surface area (Å²) in [5.41, 5.74) is 6.56. The molecular weight excluding hydrogens is 254 g/mol. The molecule has 1 aliphatic rings. The molecule has 3 N–H and O–H groups in total. The van der Waals surface area contributed by atoms with E-state index in [-0.39, 0.29) is 5.95 Å². The van der Waals surface area contributed by atoms with Crippen molar-refractivity contribution in [2.24, 2.45) is 4.99 Å². The standard InChI is InChI=1S/C14H21N5O/c1-2-3-7-17-13-12(9-18-14(15)19-13)20-10-11-6-4-5-8-16-11/h6,8-9H,2-5,7,10H2,1H3,(H3,15,17,18,19). The predicted octanol–water partition coefficient (Wildman–Crippen LogP) is 2.40. The highest BCUT2D eigenvalue weighted by atomic mass is 16.5. The van der Waals surface area contributed by atoms with Gasteiger partial charge in [0.25, 0.3) is 0 Å². The Kier molecular flexibility index (Phi) is 5.34. The Hall–Kier alpha value is -2.11. The molecule has 0 saturated heterocycles. The molecule has 0 saturated carbocycles. The first-order valence-corrected chi connectivity index (χ1v) is 7.00. The number of anilines is 2. The van der Waals surface area contributed by atoms with E-state index in [1.807, 2.05) is 6.21 Å². The number of nitrogens with one attached hydrogen (secondary N) is 1. The second kappa shape index (κ2) is 7.47. The Morgan fingerprint density at radius 2 is 2.30 bits per heavy atom. The van der Waals surface area contributed by atoms with Crippen LogP contribution in [0, 0.1) is 0 Å². The summed E-state index contributed by atoms with van der Waals surface area (Å²) in [6, 6.07) is 0. The van der Waals surface area contributed by atoms with Crippen molar-refractivity contribution in [1.82, 2.24) is 9.97 Å². The summed E-state index contributed by atoms with van der Waals surface area (Å²) in [4.78, 5) is 12.4. The van der Waals surface area contributed by atoms with Crippen LogP contribution in [0.5, 0.6) is 5.75 Å². The molecule has 0 atom stereocenters. The summed E-state index contributed by atoms with van der Waals surface area (Å²) >= 11 is 0. The molecule has 2 rings (SSSR count). The monoisotopic (exact) mass is 275 g/mol. The molecule has 0 aliphatic carbocycles. The molecular formula is C14H21N5O. The molecule has 0 aromatic carbocycles. The lowest BCUT2D eigenvalue weighted by atomic mass is 10.2. The number of rotatable bonds is 7. The zero-order chi connectivity index (χ0) is 14.2. The van der Waals surface area contributed by atoms with Crippen LogP contribution in [0.15, 0.2) is 23.0 Å². The average molecular weight is 275 g/mol. The summed E-state index contributed by atoms with van der Waals surface area (Å²) in [6.07, 6.45) is 9.80. The minimum atomic E-state index is 0.242. The third kappa shape index (κ3) is 4.22. The van der Waals surface area contributed by atoms with Crippen molar-refractivity contribution < 1.29 is 4.74 Å². The molecule has 1 aromatic heterocycles. The van der Waals surface area contributed by atoms with Crippen molar-refractivity contribution in [3.63, 3.8) is 0 Å². The molecule has 6 heteroatoms. The molecule has 0 unspecified atom stereocenters. The van der Waals surface area contributed by atoms with E-state index in [2.05, 4.69) is 33.3 Å². The lowest BCUT2D eigenvalue weighted by Crippen LogP contribution is -2.10. The van der Waals surface area contributed by atoms with Crippen LogP contribution < -0.4 is 15.8 Å². The van der Waals surface area contributed by atoms with Crippen LogP contribution >= 0.6 is 0 Å². The fourth-order valence-electron chi connectivity index (χ4n) is 1.81. The number of nitrogens with zero attached hydrogens (tertiary/aromatic N) is 3. The number of nitrogens with two attached hydrogens (primary N) is 1. The number of unbranched alkanes of at least 4 members (excludes halogenated alkanes) is 1. The number of ether oxygens (including phenoxy) is 1. The first-order valence-electron chi connectivity index (χ1n) is 7.00. The number of hydrogen-bond donors (Lipinski definition) is 2. The Balaban J connectivity index is 1.98. The highest BCUT2D eigenvalue weighted by molar-refractivity contribution is 5.60. The lowest BCUT2D eigenvalue weighted by molar-refractivity contribution is 0.349. The molecule has 0 radical (unpaired) electrons. The van der Waals surface area contributed by atoms with Crippen molar-refractivity contribution >= 4 is 18.0 Å². The van der Waals surface area contributed by atoms with Crippen LogP contribution in [0.25, 0.3) is 0 Å². The van der Waals surface area contributed by atoms with Crippen molar-refractivity contribution in [2.75, 3.05) is 24.2 Å². The summed E-state index contributed by atoms with van der Waals surface area (Å²) in [7, 11) is 0. The van der Waals surface area contributed by atoms with Gasteiger partial charge >= 0.3 is 0 Å². The number of nitrogen functional groups attached to an aromatic ring is 1. The van der Waals surface area contributed by atoms with Crippen molar-refractivity contribution in [2.45, 2.75) is 32.6 Å². The first-order chi connectivity index (χ1) is 9.79. The van der Waals surface area contributed by atoms with Gasteiger partial charge in [0.15, 0.2) is 11.6 Å². The molecule has 108 valence electrons. The van der Waals surface area contributed by atoms with Gasteiger partial charge in [0.1, 0.15) is 6.61 Å². The fraction of sp³-hybridized carbons (Fsp3) is 0.500. The summed E-state index contributed by atoms with van der Waals surface area (Å²) < 4.78 is 5.74. The Morgan fingerprint density at radius 1 is 1.40 bits per heavy atom. The summed E-state index contributed by atoms with van der Waals surface area (Å²) in [5.74, 6) is 1.49. The molecule has 0 amide bonds. The highest BCUT2D eigenvalue weighted by Gasteiger charge is 2.08. The SMILES string of the molecule is CCCCNc1nc(N)ncc1OCC1=CCCC=N1. The van der Waals surface area contributed by atoms with E-state index < -0.39 is 0 Å². The molecule has 6 nitrogen and oxygen atoms in total. The molecule has 0 spiro atoms. The van der Waals surface area contributed by atoms with E-state index >= 15 is 0 Å². The Labute approximate surface area is 119 Å². The molecule has 0 bridgehead atoms. The topological polar surface area (TPSA) is 85.4 Å². The predicted molar refractivity (Wildman–Crippen MR) is 81.1 cm³/mol. The molecule has 0 fully saturated rings. The summed E-state index contributed by atoms with van der Waals surface area (Å²) in [6.45, 7) is 3.40. The summed E-state index contributed by atoms with van der Waals surface area (Å²) in [5, 5.41) is 3.23. The highest BCUT2D eigenvalue weighted by Crippen LogP contribution is 2.22. The van der Waals surface area contributed by atoms with E-state index in [0.29, 0.717) is 18.2 Å². The average Bonchev–Trinajstić information content (AvgIpc) is 2.48. The van der Waals surface area contributed by atoms with Crippen LogP contribution in [0.4, 0.5) is 11.8 Å². The third-order valence-corrected chi connectivity index (χ3v) is 2.90. The van der Waals surface area contributed by atoms with E-state index in [9.17, 15) is 0 Å². The normalized spacial score (nSPS) is 13.9. The maximum atomic E-state index is 5.74. The van der Waals surface area contributed by atoms with Crippen molar-refractivity contribution in [3.8, 4) is 5.75 Å². The largest absolute Gasteiger partial charge is 0.482 e. The minimum absolute atomic E-state index is 0.242. The Bertz CT molecular complexity index is 498.